The second-order valence-corrected chi connectivity index (χ2v) is 8.58. The Morgan fingerprint density at radius 3 is 2.11 bits per heavy atom. The largest absolute Gasteiger partial charge is 0.484 e. The molecule has 2 N–H and O–H groups in total. The van der Waals surface area contributed by atoms with Crippen LogP contribution in [0.1, 0.15) is 44.9 Å². The zero-order valence-electron chi connectivity index (χ0n) is 15.3. The van der Waals surface area contributed by atoms with E-state index in [2.05, 4.69) is 10.6 Å². The summed E-state index contributed by atoms with van der Waals surface area (Å²) in [6.45, 7) is 0.110. The average Bonchev–Trinajstić information content (AvgIpc) is 3.10. The molecule has 2 bridgehead atoms. The SMILES string of the molecule is O=C(COc1ccc(Cl)cc1)NC12CC(NC(=O)COC3CCCC3)(C1)C2. The van der Waals surface area contributed by atoms with Crippen LogP contribution in [0.25, 0.3) is 0 Å². The van der Waals surface area contributed by atoms with E-state index in [4.69, 9.17) is 21.1 Å². The Bertz CT molecular complexity index is 695. The molecule has 1 aromatic rings. The molecule has 0 atom stereocenters. The molecule has 2 amide bonds. The van der Waals surface area contributed by atoms with E-state index < -0.39 is 0 Å². The Morgan fingerprint density at radius 1 is 0.963 bits per heavy atom. The first-order chi connectivity index (χ1) is 13.0. The van der Waals surface area contributed by atoms with E-state index >= 15 is 0 Å². The van der Waals surface area contributed by atoms with Crippen molar-refractivity contribution in [3.63, 3.8) is 0 Å². The topological polar surface area (TPSA) is 76.7 Å². The summed E-state index contributed by atoms with van der Waals surface area (Å²) in [5.74, 6) is 0.417. The van der Waals surface area contributed by atoms with Gasteiger partial charge in [0, 0.05) is 16.1 Å². The molecular weight excluding hydrogens is 368 g/mol. The van der Waals surface area contributed by atoms with Crippen molar-refractivity contribution in [3.05, 3.63) is 29.3 Å². The number of rotatable bonds is 8. The summed E-state index contributed by atoms with van der Waals surface area (Å²) in [5.41, 5.74) is -0.333. The quantitative estimate of drug-likeness (QED) is 0.713. The highest BCUT2D eigenvalue weighted by atomic mass is 35.5. The maximum atomic E-state index is 12.1. The number of benzene rings is 1. The van der Waals surface area contributed by atoms with E-state index in [9.17, 15) is 9.59 Å². The highest BCUT2D eigenvalue weighted by Gasteiger charge is 2.69. The number of hydrogen-bond acceptors (Lipinski definition) is 4. The van der Waals surface area contributed by atoms with Gasteiger partial charge in [-0.1, -0.05) is 24.4 Å². The highest BCUT2D eigenvalue weighted by Crippen LogP contribution is 2.60. The van der Waals surface area contributed by atoms with Crippen LogP contribution in [0, 0.1) is 0 Å². The molecule has 0 heterocycles. The fourth-order valence-corrected chi connectivity index (χ4v) is 4.77. The van der Waals surface area contributed by atoms with Gasteiger partial charge in [-0.2, -0.15) is 0 Å². The van der Waals surface area contributed by atoms with Crippen molar-refractivity contribution < 1.29 is 19.1 Å². The zero-order valence-corrected chi connectivity index (χ0v) is 16.0. The van der Waals surface area contributed by atoms with Gasteiger partial charge in [-0.25, -0.2) is 0 Å². The number of ether oxygens (including phenoxy) is 2. The molecule has 1 aromatic carbocycles. The van der Waals surface area contributed by atoms with Crippen LogP contribution in [0.4, 0.5) is 0 Å². The molecule has 27 heavy (non-hydrogen) atoms. The highest BCUT2D eigenvalue weighted by molar-refractivity contribution is 6.30. The molecule has 7 heteroatoms. The van der Waals surface area contributed by atoms with Crippen LogP contribution >= 0.6 is 11.6 Å². The van der Waals surface area contributed by atoms with Crippen molar-refractivity contribution in [2.24, 2.45) is 0 Å². The summed E-state index contributed by atoms with van der Waals surface area (Å²) in [5, 5.41) is 6.75. The van der Waals surface area contributed by atoms with Gasteiger partial charge >= 0.3 is 0 Å². The Labute approximate surface area is 163 Å². The number of nitrogens with one attached hydrogen (secondary N) is 2. The fourth-order valence-electron chi connectivity index (χ4n) is 4.65. The van der Waals surface area contributed by atoms with E-state index in [0.29, 0.717) is 10.8 Å². The zero-order chi connectivity index (χ0) is 18.9. The van der Waals surface area contributed by atoms with Crippen LogP contribution in [-0.2, 0) is 14.3 Å². The van der Waals surface area contributed by atoms with Gasteiger partial charge < -0.3 is 20.1 Å². The van der Waals surface area contributed by atoms with Crippen LogP contribution in [0.5, 0.6) is 5.75 Å². The molecule has 0 saturated heterocycles. The van der Waals surface area contributed by atoms with Gasteiger partial charge in [0.15, 0.2) is 6.61 Å². The lowest BCUT2D eigenvalue weighted by molar-refractivity contribution is -0.153. The van der Waals surface area contributed by atoms with Gasteiger partial charge in [0.2, 0.25) is 5.91 Å². The molecule has 5 rings (SSSR count). The second kappa shape index (κ2) is 7.32. The molecule has 0 spiro atoms. The smallest absolute Gasteiger partial charge is 0.258 e. The molecule has 4 aliphatic carbocycles. The molecule has 0 radical (unpaired) electrons. The molecule has 4 saturated carbocycles. The number of carbonyl (C=O) groups is 2. The Balaban J connectivity index is 1.14. The van der Waals surface area contributed by atoms with Crippen molar-refractivity contribution >= 4 is 23.4 Å². The van der Waals surface area contributed by atoms with Gasteiger partial charge in [-0.05, 0) is 56.4 Å². The van der Waals surface area contributed by atoms with Crippen LogP contribution in [0.2, 0.25) is 5.02 Å². The van der Waals surface area contributed by atoms with Gasteiger partial charge in [-0.15, -0.1) is 0 Å². The molecular formula is C20H25ClN2O4. The summed E-state index contributed by atoms with van der Waals surface area (Å²) < 4.78 is 11.1. The van der Waals surface area contributed by atoms with Gasteiger partial charge in [0.25, 0.3) is 5.91 Å². The molecule has 0 aliphatic heterocycles. The van der Waals surface area contributed by atoms with Crippen molar-refractivity contribution in [1.29, 1.82) is 0 Å². The maximum absolute atomic E-state index is 12.1. The summed E-state index contributed by atoms with van der Waals surface area (Å²) in [7, 11) is 0. The Hall–Kier alpha value is -1.79. The molecule has 0 unspecified atom stereocenters. The minimum Gasteiger partial charge on any atom is -0.484 e. The predicted molar refractivity (Wildman–Crippen MR) is 101 cm³/mol. The molecule has 4 aliphatic rings. The van der Waals surface area contributed by atoms with E-state index in [0.717, 1.165) is 32.1 Å². The minimum atomic E-state index is -0.181. The molecule has 4 fully saturated rings. The Morgan fingerprint density at radius 2 is 1.52 bits per heavy atom. The van der Waals surface area contributed by atoms with Crippen LogP contribution in [0.15, 0.2) is 24.3 Å². The fraction of sp³-hybridized carbons (Fsp3) is 0.600. The molecule has 0 aromatic heterocycles. The van der Waals surface area contributed by atoms with E-state index in [1.165, 1.54) is 12.8 Å². The van der Waals surface area contributed by atoms with Crippen molar-refractivity contribution in [2.45, 2.75) is 62.1 Å². The number of carbonyl (C=O) groups excluding carboxylic acids is 2. The number of amides is 2. The lowest BCUT2D eigenvalue weighted by Gasteiger charge is -2.70. The predicted octanol–water partition coefficient (Wildman–Crippen LogP) is 2.59. The van der Waals surface area contributed by atoms with Gasteiger partial charge in [-0.3, -0.25) is 9.59 Å². The Kier molecular flexibility index (Phi) is 5.03. The van der Waals surface area contributed by atoms with Crippen molar-refractivity contribution in [3.8, 4) is 5.75 Å². The summed E-state index contributed by atoms with van der Waals surface area (Å²) >= 11 is 5.82. The van der Waals surface area contributed by atoms with Crippen LogP contribution in [0.3, 0.4) is 0 Å². The molecule has 6 nitrogen and oxygen atoms in total. The first-order valence-corrected chi connectivity index (χ1v) is 9.96. The molecule has 146 valence electrons. The summed E-state index contributed by atoms with van der Waals surface area (Å²) in [6, 6.07) is 6.90. The van der Waals surface area contributed by atoms with E-state index in [-0.39, 0.29) is 42.2 Å². The third-order valence-corrected chi connectivity index (χ3v) is 6.03. The van der Waals surface area contributed by atoms with E-state index in [1.54, 1.807) is 24.3 Å². The summed E-state index contributed by atoms with van der Waals surface area (Å²) in [6.07, 6.45) is 7.10. The monoisotopic (exact) mass is 392 g/mol. The minimum absolute atomic E-state index is 0.0298. The van der Waals surface area contributed by atoms with Gasteiger partial charge in [0.05, 0.1) is 6.10 Å². The van der Waals surface area contributed by atoms with Crippen LogP contribution < -0.4 is 15.4 Å². The normalized spacial score (nSPS) is 28.8. The first kappa shape index (κ1) is 18.6. The van der Waals surface area contributed by atoms with Crippen molar-refractivity contribution in [2.75, 3.05) is 13.2 Å². The van der Waals surface area contributed by atoms with Crippen molar-refractivity contribution in [1.82, 2.24) is 10.6 Å². The van der Waals surface area contributed by atoms with E-state index in [1.807, 2.05) is 0 Å². The van der Waals surface area contributed by atoms with Gasteiger partial charge in [0.1, 0.15) is 12.4 Å². The average molecular weight is 393 g/mol. The first-order valence-electron chi connectivity index (χ1n) is 9.58. The third kappa shape index (κ3) is 4.22. The summed E-state index contributed by atoms with van der Waals surface area (Å²) in [4.78, 5) is 24.2. The maximum Gasteiger partial charge on any atom is 0.258 e. The lowest BCUT2D eigenvalue weighted by Crippen LogP contribution is -2.84. The standard InChI is InChI=1S/C20H25ClN2O4/c21-14-5-7-16(8-6-14)27-10-18(25)23-20-11-19(12-20,13-20)22-17(24)9-26-15-3-1-2-4-15/h5-8,15H,1-4,9-13H2,(H,22,24)(H,23,25). The second-order valence-electron chi connectivity index (χ2n) is 8.15. The third-order valence-electron chi connectivity index (χ3n) is 5.78. The van der Waals surface area contributed by atoms with Crippen LogP contribution in [-0.4, -0.2) is 42.2 Å². The lowest BCUT2D eigenvalue weighted by atomic mass is 9.44. The number of hydrogen-bond donors (Lipinski definition) is 2. The number of halogens is 1.